The maximum Gasteiger partial charge on any atom is 0.0442 e. The molecule has 0 rings (SSSR count). The van der Waals surface area contributed by atoms with Crippen LogP contribution >= 0.6 is 0 Å². The molecule has 1 unspecified atom stereocenters. The third kappa shape index (κ3) is 3.16. The van der Waals surface area contributed by atoms with Gasteiger partial charge < -0.3 is 5.11 Å². The molecule has 0 heterocycles. The van der Waals surface area contributed by atoms with E-state index in [-0.39, 0.29) is 12.5 Å². The van der Waals surface area contributed by atoms with Crippen molar-refractivity contribution in [1.82, 2.24) is 0 Å². The topological polar surface area (TPSA) is 20.2 Å². The van der Waals surface area contributed by atoms with E-state index >= 15 is 0 Å². The second-order valence-corrected chi connectivity index (χ2v) is 2.53. The van der Waals surface area contributed by atoms with Crippen LogP contribution in [0.25, 0.3) is 0 Å². The van der Waals surface area contributed by atoms with Crippen LogP contribution in [0.4, 0.5) is 0 Å². The highest BCUT2D eigenvalue weighted by Crippen LogP contribution is 2.12. The highest BCUT2D eigenvalue weighted by molar-refractivity contribution is 4.94. The predicted octanol–water partition coefficient (Wildman–Crippen LogP) is 1.27. The van der Waals surface area contributed by atoms with E-state index in [2.05, 4.69) is 19.8 Å². The molecule has 0 amide bonds. The summed E-state index contributed by atoms with van der Waals surface area (Å²) < 4.78 is 0. The molecule has 0 aromatic rings. The zero-order chi connectivity index (χ0) is 7.28. The van der Waals surface area contributed by atoms with Gasteiger partial charge in [-0.15, -0.1) is 12.3 Å². The maximum atomic E-state index is 8.52. The summed E-state index contributed by atoms with van der Waals surface area (Å²) in [4.78, 5) is 0. The van der Waals surface area contributed by atoms with Crippen molar-refractivity contribution in [3.05, 3.63) is 0 Å². The summed E-state index contributed by atoms with van der Waals surface area (Å²) in [6, 6.07) is 0. The first-order valence-electron chi connectivity index (χ1n) is 3.29. The quantitative estimate of drug-likeness (QED) is 0.565. The standard InChI is InChI=1S/C8H14O/c1-4-8(5-6-9)7(2)3/h1,7-9H,5-6H2,2-3H3. The Labute approximate surface area is 57.1 Å². The van der Waals surface area contributed by atoms with Gasteiger partial charge in [0.05, 0.1) is 0 Å². The maximum absolute atomic E-state index is 8.52. The van der Waals surface area contributed by atoms with Gasteiger partial charge in [-0.3, -0.25) is 0 Å². The molecule has 1 N–H and O–H groups in total. The van der Waals surface area contributed by atoms with Gasteiger partial charge in [-0.05, 0) is 12.3 Å². The number of aliphatic hydroxyl groups is 1. The largest absolute Gasteiger partial charge is 0.396 e. The van der Waals surface area contributed by atoms with Crippen molar-refractivity contribution in [1.29, 1.82) is 0 Å². The number of hydrogen-bond acceptors (Lipinski definition) is 1. The molecule has 52 valence electrons. The van der Waals surface area contributed by atoms with Gasteiger partial charge in [-0.25, -0.2) is 0 Å². The number of aliphatic hydroxyl groups excluding tert-OH is 1. The summed E-state index contributed by atoms with van der Waals surface area (Å²) >= 11 is 0. The highest BCUT2D eigenvalue weighted by Gasteiger charge is 2.07. The first kappa shape index (κ1) is 8.52. The second kappa shape index (κ2) is 4.40. The third-order valence-corrected chi connectivity index (χ3v) is 1.46. The lowest BCUT2D eigenvalue weighted by molar-refractivity contribution is 0.256. The van der Waals surface area contributed by atoms with Gasteiger partial charge in [0, 0.05) is 12.5 Å². The third-order valence-electron chi connectivity index (χ3n) is 1.46. The van der Waals surface area contributed by atoms with Crippen LogP contribution in [0.15, 0.2) is 0 Å². The molecule has 0 saturated carbocycles. The van der Waals surface area contributed by atoms with E-state index in [1.165, 1.54) is 0 Å². The average Bonchev–Trinajstić information content (AvgIpc) is 1.82. The first-order valence-corrected chi connectivity index (χ1v) is 3.29. The Bertz CT molecular complexity index is 99.6. The molecule has 0 spiro atoms. The van der Waals surface area contributed by atoms with Crippen molar-refractivity contribution in [3.8, 4) is 12.3 Å². The van der Waals surface area contributed by atoms with E-state index in [1.54, 1.807) is 0 Å². The van der Waals surface area contributed by atoms with E-state index in [4.69, 9.17) is 11.5 Å². The Hall–Kier alpha value is -0.480. The minimum Gasteiger partial charge on any atom is -0.396 e. The molecule has 0 radical (unpaired) electrons. The predicted molar refractivity (Wildman–Crippen MR) is 38.9 cm³/mol. The molecule has 0 aliphatic carbocycles. The molecule has 0 aromatic heterocycles. The lowest BCUT2D eigenvalue weighted by atomic mass is 9.94. The van der Waals surface area contributed by atoms with Crippen LogP contribution in [0.2, 0.25) is 0 Å². The van der Waals surface area contributed by atoms with Crippen molar-refractivity contribution in [2.24, 2.45) is 11.8 Å². The van der Waals surface area contributed by atoms with Crippen molar-refractivity contribution < 1.29 is 5.11 Å². The molecule has 0 saturated heterocycles. The fourth-order valence-electron chi connectivity index (χ4n) is 0.748. The van der Waals surface area contributed by atoms with Crippen LogP contribution in [0.1, 0.15) is 20.3 Å². The summed E-state index contributed by atoms with van der Waals surface area (Å²) in [6.45, 7) is 4.34. The molecule has 0 fully saturated rings. The van der Waals surface area contributed by atoms with Crippen LogP contribution < -0.4 is 0 Å². The zero-order valence-corrected chi connectivity index (χ0v) is 6.09. The molecule has 1 heteroatoms. The summed E-state index contributed by atoms with van der Waals surface area (Å²) in [6.07, 6.45) is 5.93. The molecule has 0 aromatic carbocycles. The van der Waals surface area contributed by atoms with Crippen LogP contribution in [-0.4, -0.2) is 11.7 Å². The molecule has 0 bridgehead atoms. The van der Waals surface area contributed by atoms with Crippen LogP contribution in [0, 0.1) is 24.2 Å². The number of terminal acetylenes is 1. The summed E-state index contributed by atoms with van der Waals surface area (Å²) in [5.41, 5.74) is 0. The molecule has 9 heavy (non-hydrogen) atoms. The lowest BCUT2D eigenvalue weighted by Gasteiger charge is -2.11. The Balaban J connectivity index is 3.58. The van der Waals surface area contributed by atoms with Gasteiger partial charge in [-0.1, -0.05) is 13.8 Å². The van der Waals surface area contributed by atoms with Crippen molar-refractivity contribution in [2.75, 3.05) is 6.61 Å². The zero-order valence-electron chi connectivity index (χ0n) is 6.09. The average molecular weight is 126 g/mol. The molecule has 0 aliphatic heterocycles. The van der Waals surface area contributed by atoms with E-state index in [9.17, 15) is 0 Å². The van der Waals surface area contributed by atoms with Gasteiger partial charge in [-0.2, -0.15) is 0 Å². The Morgan fingerprint density at radius 1 is 1.56 bits per heavy atom. The Kier molecular flexibility index (Phi) is 4.17. The van der Waals surface area contributed by atoms with E-state index in [0.29, 0.717) is 5.92 Å². The smallest absolute Gasteiger partial charge is 0.0442 e. The molecule has 1 nitrogen and oxygen atoms in total. The van der Waals surface area contributed by atoms with E-state index in [0.717, 1.165) is 6.42 Å². The fraction of sp³-hybridized carbons (Fsp3) is 0.750. The van der Waals surface area contributed by atoms with Crippen molar-refractivity contribution in [3.63, 3.8) is 0 Å². The van der Waals surface area contributed by atoms with Crippen LogP contribution in [0.5, 0.6) is 0 Å². The van der Waals surface area contributed by atoms with Crippen LogP contribution in [-0.2, 0) is 0 Å². The van der Waals surface area contributed by atoms with Gasteiger partial charge in [0.15, 0.2) is 0 Å². The molecular weight excluding hydrogens is 112 g/mol. The SMILES string of the molecule is C#CC(CCO)C(C)C. The monoisotopic (exact) mass is 126 g/mol. The summed E-state index contributed by atoms with van der Waals surface area (Å²) in [5, 5.41) is 8.52. The fourth-order valence-corrected chi connectivity index (χ4v) is 0.748. The van der Waals surface area contributed by atoms with Gasteiger partial charge >= 0.3 is 0 Å². The molecular formula is C8H14O. The Morgan fingerprint density at radius 3 is 2.22 bits per heavy atom. The number of rotatable bonds is 3. The van der Waals surface area contributed by atoms with Crippen molar-refractivity contribution >= 4 is 0 Å². The molecule has 0 aliphatic rings. The lowest BCUT2D eigenvalue weighted by Crippen LogP contribution is -2.07. The molecule has 1 atom stereocenters. The minimum atomic E-state index is 0.201. The normalized spacial score (nSPS) is 13.2. The van der Waals surface area contributed by atoms with E-state index in [1.807, 2.05) is 0 Å². The van der Waals surface area contributed by atoms with Gasteiger partial charge in [0.25, 0.3) is 0 Å². The van der Waals surface area contributed by atoms with Crippen molar-refractivity contribution in [2.45, 2.75) is 20.3 Å². The van der Waals surface area contributed by atoms with E-state index < -0.39 is 0 Å². The first-order chi connectivity index (χ1) is 4.22. The highest BCUT2D eigenvalue weighted by atomic mass is 16.3. The Morgan fingerprint density at radius 2 is 2.11 bits per heavy atom. The summed E-state index contributed by atoms with van der Waals surface area (Å²) in [5.74, 6) is 3.38. The van der Waals surface area contributed by atoms with Gasteiger partial charge in [0.2, 0.25) is 0 Å². The van der Waals surface area contributed by atoms with Gasteiger partial charge in [0.1, 0.15) is 0 Å². The second-order valence-electron chi connectivity index (χ2n) is 2.53. The summed E-state index contributed by atoms with van der Waals surface area (Å²) in [7, 11) is 0. The van der Waals surface area contributed by atoms with Crippen LogP contribution in [0.3, 0.4) is 0 Å². The number of hydrogen-bond donors (Lipinski definition) is 1. The minimum absolute atomic E-state index is 0.201.